The Morgan fingerprint density at radius 2 is 1.84 bits per heavy atom. The first kappa shape index (κ1) is 22.3. The lowest BCUT2D eigenvalue weighted by atomic mass is 9.94. The van der Waals surface area contributed by atoms with Gasteiger partial charge in [-0.2, -0.15) is 0 Å². The second-order valence-corrected chi connectivity index (χ2v) is 10.2. The monoisotopic (exact) mass is 519 g/mol. The molecule has 7 heteroatoms. The predicted molar refractivity (Wildman–Crippen MR) is 131 cm³/mol. The van der Waals surface area contributed by atoms with Crippen molar-refractivity contribution in [3.05, 3.63) is 80.3 Å². The Balaban J connectivity index is 1.89. The standard InChI is InChI=1S/C24H24BrCl2N3O/c1-5-19-21(23-28-13-20(31-23)24(2,3)4)29-22(17-11-8-15(26)12-18(17)27)30(19)16-9-6-14(25)7-10-16/h6-13,23,28H,5H2,1-4H3. The van der Waals surface area contributed by atoms with Gasteiger partial charge in [-0.05, 0) is 48.9 Å². The summed E-state index contributed by atoms with van der Waals surface area (Å²) >= 11 is 16.3. The molecule has 0 aliphatic carbocycles. The molecule has 31 heavy (non-hydrogen) atoms. The minimum Gasteiger partial charge on any atom is -0.467 e. The molecule has 1 aliphatic rings. The van der Waals surface area contributed by atoms with Crippen molar-refractivity contribution in [2.24, 2.45) is 5.41 Å². The third-order valence-electron chi connectivity index (χ3n) is 5.19. The third kappa shape index (κ3) is 4.36. The number of imidazole rings is 1. The van der Waals surface area contributed by atoms with Gasteiger partial charge in [-0.25, -0.2) is 4.98 Å². The number of benzene rings is 2. The van der Waals surface area contributed by atoms with Gasteiger partial charge >= 0.3 is 0 Å². The molecule has 0 amide bonds. The van der Waals surface area contributed by atoms with Crippen LogP contribution >= 0.6 is 39.1 Å². The first-order valence-electron chi connectivity index (χ1n) is 10.1. The van der Waals surface area contributed by atoms with Crippen LogP contribution in [0.2, 0.25) is 10.0 Å². The molecular formula is C24H24BrCl2N3O. The minimum atomic E-state index is -0.356. The van der Waals surface area contributed by atoms with Crippen LogP contribution in [0.15, 0.2) is 58.9 Å². The number of hydrogen-bond donors (Lipinski definition) is 1. The van der Waals surface area contributed by atoms with Crippen LogP contribution in [0.1, 0.15) is 45.3 Å². The maximum absolute atomic E-state index is 6.59. The fraction of sp³-hybridized carbons (Fsp3) is 0.292. The van der Waals surface area contributed by atoms with Gasteiger partial charge in [0, 0.05) is 32.4 Å². The maximum Gasteiger partial charge on any atom is 0.214 e. The molecule has 0 spiro atoms. The van der Waals surface area contributed by atoms with E-state index < -0.39 is 0 Å². The van der Waals surface area contributed by atoms with Crippen molar-refractivity contribution in [3.8, 4) is 17.1 Å². The van der Waals surface area contributed by atoms with Gasteiger partial charge < -0.3 is 10.1 Å². The van der Waals surface area contributed by atoms with Crippen LogP contribution in [0.5, 0.6) is 0 Å². The van der Waals surface area contributed by atoms with Crippen molar-refractivity contribution < 1.29 is 4.74 Å². The van der Waals surface area contributed by atoms with E-state index in [-0.39, 0.29) is 11.6 Å². The molecule has 0 saturated heterocycles. The lowest BCUT2D eigenvalue weighted by Crippen LogP contribution is -2.16. The molecule has 0 fully saturated rings. The topological polar surface area (TPSA) is 39.1 Å². The van der Waals surface area contributed by atoms with E-state index in [4.69, 9.17) is 32.9 Å². The summed E-state index contributed by atoms with van der Waals surface area (Å²) in [6.45, 7) is 8.51. The lowest BCUT2D eigenvalue weighted by molar-refractivity contribution is 0.0877. The molecule has 1 unspecified atom stereocenters. The highest BCUT2D eigenvalue weighted by atomic mass is 79.9. The van der Waals surface area contributed by atoms with Crippen LogP contribution in [0.4, 0.5) is 0 Å². The summed E-state index contributed by atoms with van der Waals surface area (Å²) in [6, 6.07) is 13.6. The van der Waals surface area contributed by atoms with Crippen molar-refractivity contribution in [1.82, 2.24) is 14.9 Å². The third-order valence-corrected chi connectivity index (χ3v) is 6.27. The Morgan fingerprint density at radius 1 is 1.13 bits per heavy atom. The van der Waals surface area contributed by atoms with Crippen LogP contribution < -0.4 is 5.32 Å². The second-order valence-electron chi connectivity index (χ2n) is 8.48. The molecule has 0 saturated carbocycles. The van der Waals surface area contributed by atoms with Crippen molar-refractivity contribution in [2.75, 3.05) is 0 Å². The maximum atomic E-state index is 6.59. The molecule has 0 radical (unpaired) electrons. The van der Waals surface area contributed by atoms with Gasteiger partial charge in [0.15, 0.2) is 0 Å². The van der Waals surface area contributed by atoms with Crippen molar-refractivity contribution in [1.29, 1.82) is 0 Å². The van der Waals surface area contributed by atoms with Crippen molar-refractivity contribution in [3.63, 3.8) is 0 Å². The van der Waals surface area contributed by atoms with Crippen LogP contribution in [0.25, 0.3) is 17.1 Å². The van der Waals surface area contributed by atoms with Gasteiger partial charge in [0.05, 0.1) is 10.7 Å². The van der Waals surface area contributed by atoms with Gasteiger partial charge in [0.2, 0.25) is 6.23 Å². The highest BCUT2D eigenvalue weighted by Gasteiger charge is 2.32. The Hall–Kier alpha value is -1.95. The summed E-state index contributed by atoms with van der Waals surface area (Å²) in [6.07, 6.45) is 2.36. The van der Waals surface area contributed by atoms with Crippen LogP contribution in [0, 0.1) is 5.41 Å². The molecule has 2 heterocycles. The van der Waals surface area contributed by atoms with E-state index in [9.17, 15) is 0 Å². The van der Waals surface area contributed by atoms with E-state index in [2.05, 4.69) is 65.6 Å². The number of nitrogens with zero attached hydrogens (tertiary/aromatic N) is 2. The van der Waals surface area contributed by atoms with Gasteiger partial charge in [-0.3, -0.25) is 4.57 Å². The van der Waals surface area contributed by atoms with Gasteiger partial charge in [0.25, 0.3) is 0 Å². The molecule has 4 nitrogen and oxygen atoms in total. The van der Waals surface area contributed by atoms with Crippen LogP contribution in [-0.4, -0.2) is 9.55 Å². The zero-order chi connectivity index (χ0) is 22.3. The minimum absolute atomic E-state index is 0.0925. The van der Waals surface area contributed by atoms with Crippen molar-refractivity contribution in [2.45, 2.75) is 40.3 Å². The molecular weight excluding hydrogens is 497 g/mol. The normalized spacial score (nSPS) is 16.1. The van der Waals surface area contributed by atoms with Gasteiger partial charge in [0.1, 0.15) is 17.3 Å². The van der Waals surface area contributed by atoms with E-state index >= 15 is 0 Å². The van der Waals surface area contributed by atoms with E-state index in [0.717, 1.165) is 45.1 Å². The average molecular weight is 521 g/mol. The molecule has 4 rings (SSSR count). The number of allylic oxidation sites excluding steroid dienone is 1. The summed E-state index contributed by atoms with van der Waals surface area (Å²) in [7, 11) is 0. The van der Waals surface area contributed by atoms with Crippen LogP contribution in [0.3, 0.4) is 0 Å². The molecule has 3 aromatic rings. The molecule has 0 bridgehead atoms. The first-order chi connectivity index (χ1) is 14.7. The Kier molecular flexibility index (Phi) is 6.12. The summed E-state index contributed by atoms with van der Waals surface area (Å²) in [5, 5.41) is 4.50. The highest BCUT2D eigenvalue weighted by Crippen LogP contribution is 2.39. The summed E-state index contributed by atoms with van der Waals surface area (Å²) in [4.78, 5) is 5.04. The fourth-order valence-electron chi connectivity index (χ4n) is 3.61. The zero-order valence-corrected chi connectivity index (χ0v) is 20.9. The van der Waals surface area contributed by atoms with E-state index in [0.29, 0.717) is 10.0 Å². The van der Waals surface area contributed by atoms with Gasteiger partial charge in [-0.15, -0.1) is 0 Å². The van der Waals surface area contributed by atoms with E-state index in [1.54, 1.807) is 6.07 Å². The molecule has 162 valence electrons. The average Bonchev–Trinajstić information content (AvgIpc) is 3.33. The Labute approximate surface area is 201 Å². The second kappa shape index (κ2) is 8.53. The summed E-state index contributed by atoms with van der Waals surface area (Å²) < 4.78 is 9.44. The van der Waals surface area contributed by atoms with E-state index in [1.165, 1.54) is 0 Å². The molecule has 1 aliphatic heterocycles. The van der Waals surface area contributed by atoms with E-state index in [1.807, 2.05) is 30.5 Å². The molecule has 2 aromatic carbocycles. The molecule has 1 N–H and O–H groups in total. The highest BCUT2D eigenvalue weighted by molar-refractivity contribution is 9.10. The summed E-state index contributed by atoms with van der Waals surface area (Å²) in [5.74, 6) is 1.66. The SMILES string of the molecule is CCc1c(C2NC=C(C(C)(C)C)O2)nc(-c2ccc(Cl)cc2Cl)n1-c1ccc(Br)cc1. The number of aromatic nitrogens is 2. The number of rotatable bonds is 4. The molecule has 1 atom stereocenters. The fourth-order valence-corrected chi connectivity index (χ4v) is 4.37. The quantitative estimate of drug-likeness (QED) is 0.383. The van der Waals surface area contributed by atoms with Gasteiger partial charge in [-0.1, -0.05) is 66.8 Å². The number of nitrogens with one attached hydrogen (secondary N) is 1. The Bertz CT molecular complexity index is 1150. The zero-order valence-electron chi connectivity index (χ0n) is 17.8. The lowest BCUT2D eigenvalue weighted by Gasteiger charge is -2.21. The first-order valence-corrected chi connectivity index (χ1v) is 11.7. The number of halogens is 3. The van der Waals surface area contributed by atoms with Crippen molar-refractivity contribution >= 4 is 39.1 Å². The smallest absolute Gasteiger partial charge is 0.214 e. The number of hydrogen-bond acceptors (Lipinski definition) is 3. The number of ether oxygens (including phenoxy) is 1. The molecule has 1 aromatic heterocycles. The predicted octanol–water partition coefficient (Wildman–Crippen LogP) is 7.68. The summed E-state index contributed by atoms with van der Waals surface area (Å²) in [5.41, 5.74) is 3.63. The van der Waals surface area contributed by atoms with Crippen LogP contribution in [-0.2, 0) is 11.2 Å². The Morgan fingerprint density at radius 3 is 2.42 bits per heavy atom. The largest absolute Gasteiger partial charge is 0.467 e.